The number of nitrogen functional groups attached to an aromatic ring is 1. The van der Waals surface area contributed by atoms with Crippen LogP contribution in [-0.2, 0) is 19.9 Å². The molecule has 14 heavy (non-hydrogen) atoms. The van der Waals surface area contributed by atoms with E-state index in [0.717, 1.165) is 18.7 Å². The molecule has 1 atom stereocenters. The van der Waals surface area contributed by atoms with Crippen molar-refractivity contribution in [2.75, 3.05) is 5.73 Å². The summed E-state index contributed by atoms with van der Waals surface area (Å²) in [4.78, 5) is 0. The van der Waals surface area contributed by atoms with Crippen LogP contribution in [0.4, 0.5) is 5.82 Å². The second-order valence-corrected chi connectivity index (χ2v) is 4.01. The summed E-state index contributed by atoms with van der Waals surface area (Å²) in [6.45, 7) is 6.60. The van der Waals surface area contributed by atoms with Crippen LogP contribution in [0.3, 0.4) is 0 Å². The Bertz CT molecular complexity index is 302. The van der Waals surface area contributed by atoms with Gasteiger partial charge in [0.25, 0.3) is 0 Å². The summed E-state index contributed by atoms with van der Waals surface area (Å²) in [5, 5.41) is 4.46. The molecule has 0 spiro atoms. The summed E-state index contributed by atoms with van der Waals surface area (Å²) in [6, 6.07) is 0. The fourth-order valence-electron chi connectivity index (χ4n) is 1.66. The van der Waals surface area contributed by atoms with Gasteiger partial charge in [0, 0.05) is 12.6 Å². The van der Waals surface area contributed by atoms with Gasteiger partial charge in [0.05, 0.1) is 5.69 Å². The molecule has 80 valence electrons. The minimum Gasteiger partial charge on any atom is -0.384 e. The molecule has 1 aromatic heterocycles. The molecule has 1 heterocycles. The van der Waals surface area contributed by atoms with E-state index < -0.39 is 0 Å². The molecule has 0 aliphatic carbocycles. The topological polar surface area (TPSA) is 43.8 Å². The Morgan fingerprint density at radius 2 is 2.07 bits per heavy atom. The number of anilines is 1. The van der Waals surface area contributed by atoms with E-state index in [2.05, 4.69) is 25.9 Å². The second-order valence-electron chi connectivity index (χ2n) is 4.01. The van der Waals surface area contributed by atoms with Crippen molar-refractivity contribution in [1.82, 2.24) is 9.78 Å². The molecular weight excluding hydrogens is 174 g/mol. The van der Waals surface area contributed by atoms with Gasteiger partial charge in [0.15, 0.2) is 0 Å². The summed E-state index contributed by atoms with van der Waals surface area (Å²) in [5.74, 6) is 1.51. The van der Waals surface area contributed by atoms with Crippen LogP contribution in [0.1, 0.15) is 38.4 Å². The molecule has 0 fully saturated rings. The number of nitrogens with zero attached hydrogens (tertiary/aromatic N) is 2. The van der Waals surface area contributed by atoms with Crippen molar-refractivity contribution in [2.45, 2.75) is 40.0 Å². The standard InChI is InChI=1S/C11H21N3/c1-5-8(3)7-10-9(6-2)11(12)14(4)13-10/h8H,5-7,12H2,1-4H3. The van der Waals surface area contributed by atoms with Gasteiger partial charge in [-0.25, -0.2) is 0 Å². The Morgan fingerprint density at radius 1 is 1.43 bits per heavy atom. The molecule has 0 saturated heterocycles. The third kappa shape index (κ3) is 2.08. The molecule has 1 unspecified atom stereocenters. The summed E-state index contributed by atoms with van der Waals surface area (Å²) in [5.41, 5.74) is 8.34. The van der Waals surface area contributed by atoms with E-state index in [-0.39, 0.29) is 0 Å². The Labute approximate surface area is 86.3 Å². The summed E-state index contributed by atoms with van der Waals surface area (Å²) in [7, 11) is 1.91. The number of aryl methyl sites for hydroxylation is 1. The van der Waals surface area contributed by atoms with Gasteiger partial charge in [0.2, 0.25) is 0 Å². The van der Waals surface area contributed by atoms with Gasteiger partial charge in [-0.2, -0.15) is 5.10 Å². The molecule has 0 aliphatic heterocycles. The van der Waals surface area contributed by atoms with Crippen LogP contribution in [-0.4, -0.2) is 9.78 Å². The summed E-state index contributed by atoms with van der Waals surface area (Å²) in [6.07, 6.45) is 3.22. The third-order valence-corrected chi connectivity index (χ3v) is 2.87. The Morgan fingerprint density at radius 3 is 2.57 bits per heavy atom. The first-order valence-corrected chi connectivity index (χ1v) is 5.40. The first-order valence-electron chi connectivity index (χ1n) is 5.40. The minimum absolute atomic E-state index is 0.689. The van der Waals surface area contributed by atoms with Crippen molar-refractivity contribution in [2.24, 2.45) is 13.0 Å². The first-order chi connectivity index (χ1) is 6.60. The average molecular weight is 195 g/mol. The van der Waals surface area contributed by atoms with Crippen molar-refractivity contribution in [3.05, 3.63) is 11.3 Å². The van der Waals surface area contributed by atoms with Crippen LogP contribution in [0.15, 0.2) is 0 Å². The predicted octanol–water partition coefficient (Wildman–Crippen LogP) is 2.15. The molecule has 2 N–H and O–H groups in total. The maximum absolute atomic E-state index is 5.93. The lowest BCUT2D eigenvalue weighted by Gasteiger charge is -2.06. The highest BCUT2D eigenvalue weighted by Crippen LogP contribution is 2.20. The highest BCUT2D eigenvalue weighted by molar-refractivity contribution is 5.43. The Kier molecular flexibility index (Phi) is 3.55. The smallest absolute Gasteiger partial charge is 0.124 e. The fraction of sp³-hybridized carbons (Fsp3) is 0.727. The Balaban J connectivity index is 2.91. The van der Waals surface area contributed by atoms with Gasteiger partial charge in [-0.3, -0.25) is 4.68 Å². The van der Waals surface area contributed by atoms with Gasteiger partial charge in [-0.05, 0) is 18.8 Å². The van der Waals surface area contributed by atoms with E-state index in [1.807, 2.05) is 7.05 Å². The normalized spacial score (nSPS) is 13.1. The lowest BCUT2D eigenvalue weighted by molar-refractivity contribution is 0.545. The lowest BCUT2D eigenvalue weighted by atomic mass is 10.00. The predicted molar refractivity (Wildman–Crippen MR) is 60.2 cm³/mol. The SMILES string of the molecule is CCc1c(CC(C)CC)nn(C)c1N. The van der Waals surface area contributed by atoms with Crippen molar-refractivity contribution in [3.8, 4) is 0 Å². The summed E-state index contributed by atoms with van der Waals surface area (Å²) < 4.78 is 1.79. The van der Waals surface area contributed by atoms with Crippen LogP contribution in [0, 0.1) is 5.92 Å². The molecule has 3 heteroatoms. The molecule has 0 bridgehead atoms. The maximum Gasteiger partial charge on any atom is 0.124 e. The number of aromatic nitrogens is 2. The molecule has 0 aromatic carbocycles. The van der Waals surface area contributed by atoms with Crippen LogP contribution < -0.4 is 5.73 Å². The largest absolute Gasteiger partial charge is 0.384 e. The number of rotatable bonds is 4. The molecule has 1 aromatic rings. The van der Waals surface area contributed by atoms with E-state index in [9.17, 15) is 0 Å². The van der Waals surface area contributed by atoms with Crippen LogP contribution in [0.25, 0.3) is 0 Å². The average Bonchev–Trinajstić information content (AvgIpc) is 2.42. The molecule has 1 rings (SSSR count). The van der Waals surface area contributed by atoms with E-state index >= 15 is 0 Å². The van der Waals surface area contributed by atoms with Gasteiger partial charge in [0.1, 0.15) is 5.82 Å². The minimum atomic E-state index is 0.689. The Hall–Kier alpha value is -0.990. The molecule has 3 nitrogen and oxygen atoms in total. The van der Waals surface area contributed by atoms with Crippen LogP contribution >= 0.6 is 0 Å². The van der Waals surface area contributed by atoms with E-state index in [1.165, 1.54) is 17.7 Å². The zero-order valence-electron chi connectivity index (χ0n) is 9.67. The van der Waals surface area contributed by atoms with Gasteiger partial charge >= 0.3 is 0 Å². The first kappa shape index (κ1) is 11.1. The van der Waals surface area contributed by atoms with Crippen molar-refractivity contribution in [1.29, 1.82) is 0 Å². The van der Waals surface area contributed by atoms with E-state index in [4.69, 9.17) is 5.73 Å². The summed E-state index contributed by atoms with van der Waals surface area (Å²) >= 11 is 0. The van der Waals surface area contributed by atoms with Crippen molar-refractivity contribution in [3.63, 3.8) is 0 Å². The molecule has 0 radical (unpaired) electrons. The lowest BCUT2D eigenvalue weighted by Crippen LogP contribution is -2.01. The monoisotopic (exact) mass is 195 g/mol. The van der Waals surface area contributed by atoms with Gasteiger partial charge in [-0.15, -0.1) is 0 Å². The number of nitrogens with two attached hydrogens (primary N) is 1. The molecular formula is C11H21N3. The fourth-order valence-corrected chi connectivity index (χ4v) is 1.66. The van der Waals surface area contributed by atoms with Crippen LogP contribution in [0.5, 0.6) is 0 Å². The quantitative estimate of drug-likeness (QED) is 0.800. The third-order valence-electron chi connectivity index (χ3n) is 2.87. The highest BCUT2D eigenvalue weighted by Gasteiger charge is 2.13. The van der Waals surface area contributed by atoms with E-state index in [1.54, 1.807) is 4.68 Å². The van der Waals surface area contributed by atoms with Gasteiger partial charge in [-0.1, -0.05) is 27.2 Å². The highest BCUT2D eigenvalue weighted by atomic mass is 15.3. The maximum atomic E-state index is 5.93. The van der Waals surface area contributed by atoms with Crippen LogP contribution in [0.2, 0.25) is 0 Å². The van der Waals surface area contributed by atoms with Gasteiger partial charge < -0.3 is 5.73 Å². The van der Waals surface area contributed by atoms with E-state index in [0.29, 0.717) is 5.92 Å². The zero-order chi connectivity index (χ0) is 10.7. The molecule has 0 amide bonds. The zero-order valence-corrected chi connectivity index (χ0v) is 9.67. The molecule has 0 aliphatic rings. The van der Waals surface area contributed by atoms with Crippen molar-refractivity contribution >= 4 is 5.82 Å². The number of hydrogen-bond donors (Lipinski definition) is 1. The molecule has 0 saturated carbocycles. The second kappa shape index (κ2) is 4.49. The number of hydrogen-bond acceptors (Lipinski definition) is 2. The van der Waals surface area contributed by atoms with Crippen molar-refractivity contribution < 1.29 is 0 Å².